The third-order valence-electron chi connectivity index (χ3n) is 5.81. The van der Waals surface area contributed by atoms with E-state index in [1.54, 1.807) is 55.1 Å². The number of ether oxygens (including phenoxy) is 1. The first-order chi connectivity index (χ1) is 16.4. The Labute approximate surface area is 200 Å². The molecular formula is C24H29N5O4S. The maximum Gasteiger partial charge on any atom is 0.255 e. The number of nitrogens with zero attached hydrogens (tertiary/aromatic N) is 4. The highest BCUT2D eigenvalue weighted by Gasteiger charge is 2.25. The van der Waals surface area contributed by atoms with Crippen molar-refractivity contribution in [3.8, 4) is 5.69 Å². The van der Waals surface area contributed by atoms with Crippen molar-refractivity contribution in [3.05, 3.63) is 66.5 Å². The third kappa shape index (κ3) is 4.98. The summed E-state index contributed by atoms with van der Waals surface area (Å²) in [5, 5.41) is 7.13. The van der Waals surface area contributed by atoms with E-state index < -0.39 is 10.0 Å². The van der Waals surface area contributed by atoms with Crippen molar-refractivity contribution >= 4 is 27.3 Å². The molecule has 0 aliphatic carbocycles. The average molecular weight is 484 g/mol. The van der Waals surface area contributed by atoms with E-state index in [9.17, 15) is 13.2 Å². The molecule has 1 aliphatic rings. The van der Waals surface area contributed by atoms with Crippen LogP contribution < -0.4 is 10.2 Å². The van der Waals surface area contributed by atoms with Gasteiger partial charge in [0.1, 0.15) is 0 Å². The fraction of sp³-hybridized carbons (Fsp3) is 0.333. The number of hydrogen-bond donors (Lipinski definition) is 1. The Morgan fingerprint density at radius 3 is 2.41 bits per heavy atom. The summed E-state index contributed by atoms with van der Waals surface area (Å²) >= 11 is 0. The molecule has 2 heterocycles. The van der Waals surface area contributed by atoms with Crippen molar-refractivity contribution in [2.75, 3.05) is 49.6 Å². The quantitative estimate of drug-likeness (QED) is 0.529. The molecule has 4 rings (SSSR count). The predicted octanol–water partition coefficient (Wildman–Crippen LogP) is 2.99. The SMILES string of the molecule is CCN(CC)S(=O)(=O)c1ccc(N2CCOCC2)c(NC(=O)c2ccc(-n3cccn3)cc2)c1. The molecule has 10 heteroatoms. The lowest BCUT2D eigenvalue weighted by Crippen LogP contribution is -2.37. The second kappa shape index (κ2) is 10.4. The zero-order valence-corrected chi connectivity index (χ0v) is 20.2. The highest BCUT2D eigenvalue weighted by atomic mass is 32.2. The van der Waals surface area contributed by atoms with Gasteiger partial charge in [-0.2, -0.15) is 9.40 Å². The van der Waals surface area contributed by atoms with Crippen LogP contribution in [0.2, 0.25) is 0 Å². The van der Waals surface area contributed by atoms with Gasteiger partial charge in [-0.05, 0) is 48.5 Å². The topological polar surface area (TPSA) is 96.8 Å². The number of aromatic nitrogens is 2. The van der Waals surface area contributed by atoms with Gasteiger partial charge in [0, 0.05) is 44.1 Å². The Kier molecular flexibility index (Phi) is 7.30. The van der Waals surface area contributed by atoms with Gasteiger partial charge in [-0.3, -0.25) is 4.79 Å². The van der Waals surface area contributed by atoms with Crippen LogP contribution in [-0.2, 0) is 14.8 Å². The van der Waals surface area contributed by atoms with Crippen LogP contribution in [0.25, 0.3) is 5.69 Å². The van der Waals surface area contributed by atoms with Crippen molar-refractivity contribution < 1.29 is 17.9 Å². The minimum Gasteiger partial charge on any atom is -0.378 e. The van der Waals surface area contributed by atoms with Gasteiger partial charge in [0.25, 0.3) is 5.91 Å². The van der Waals surface area contributed by atoms with E-state index >= 15 is 0 Å². The van der Waals surface area contributed by atoms with Crippen LogP contribution in [0.4, 0.5) is 11.4 Å². The lowest BCUT2D eigenvalue weighted by molar-refractivity contribution is 0.102. The first kappa shape index (κ1) is 23.9. The van der Waals surface area contributed by atoms with Crippen LogP contribution in [0.15, 0.2) is 65.8 Å². The molecule has 34 heavy (non-hydrogen) atoms. The number of nitrogens with one attached hydrogen (secondary N) is 1. The van der Waals surface area contributed by atoms with E-state index in [-0.39, 0.29) is 10.8 Å². The number of hydrogen-bond acceptors (Lipinski definition) is 6. The lowest BCUT2D eigenvalue weighted by Gasteiger charge is -2.31. The van der Waals surface area contributed by atoms with Gasteiger partial charge in [-0.15, -0.1) is 0 Å². The number of carbonyl (C=O) groups excluding carboxylic acids is 1. The Morgan fingerprint density at radius 2 is 1.79 bits per heavy atom. The first-order valence-electron chi connectivity index (χ1n) is 11.3. The fourth-order valence-corrected chi connectivity index (χ4v) is 5.43. The molecular weight excluding hydrogens is 454 g/mol. The monoisotopic (exact) mass is 483 g/mol. The number of sulfonamides is 1. The van der Waals surface area contributed by atoms with E-state index in [4.69, 9.17) is 4.74 Å². The minimum atomic E-state index is -3.67. The molecule has 0 bridgehead atoms. The molecule has 3 aromatic rings. The van der Waals surface area contributed by atoms with Gasteiger partial charge >= 0.3 is 0 Å². The summed E-state index contributed by atoms with van der Waals surface area (Å²) in [6, 6.07) is 13.8. The molecule has 9 nitrogen and oxygen atoms in total. The second-order valence-corrected chi connectivity index (χ2v) is 9.76. The smallest absolute Gasteiger partial charge is 0.255 e. The molecule has 1 aromatic heterocycles. The van der Waals surface area contributed by atoms with Gasteiger partial charge in [-0.1, -0.05) is 13.8 Å². The van der Waals surface area contributed by atoms with Crippen molar-refractivity contribution in [1.29, 1.82) is 0 Å². The predicted molar refractivity (Wildman–Crippen MR) is 131 cm³/mol. The second-order valence-electron chi connectivity index (χ2n) is 7.82. The fourth-order valence-electron chi connectivity index (χ4n) is 3.95. The minimum absolute atomic E-state index is 0.150. The highest BCUT2D eigenvalue weighted by Crippen LogP contribution is 2.31. The molecule has 180 valence electrons. The molecule has 0 spiro atoms. The molecule has 1 fully saturated rings. The molecule has 1 amide bonds. The van der Waals surface area contributed by atoms with Gasteiger partial charge in [-0.25, -0.2) is 13.1 Å². The molecule has 2 aromatic carbocycles. The summed E-state index contributed by atoms with van der Waals surface area (Å²) in [5.74, 6) is -0.320. The van der Waals surface area contributed by atoms with Gasteiger partial charge < -0.3 is 15.0 Å². The van der Waals surface area contributed by atoms with Crippen molar-refractivity contribution in [1.82, 2.24) is 14.1 Å². The highest BCUT2D eigenvalue weighted by molar-refractivity contribution is 7.89. The van der Waals surface area contributed by atoms with Gasteiger partial charge in [0.05, 0.1) is 35.2 Å². The average Bonchev–Trinajstić information content (AvgIpc) is 3.40. The zero-order valence-electron chi connectivity index (χ0n) is 19.3. The number of rotatable bonds is 8. The summed E-state index contributed by atoms with van der Waals surface area (Å²) in [6.45, 7) is 6.80. The van der Waals surface area contributed by atoms with Crippen molar-refractivity contribution in [3.63, 3.8) is 0 Å². The summed E-state index contributed by atoms with van der Waals surface area (Å²) < 4.78 is 34.8. The zero-order chi connectivity index (χ0) is 24.1. The van der Waals surface area contributed by atoms with E-state index in [2.05, 4.69) is 15.3 Å². The van der Waals surface area contributed by atoms with Crippen LogP contribution in [0.1, 0.15) is 24.2 Å². The van der Waals surface area contributed by atoms with Crippen LogP contribution in [0, 0.1) is 0 Å². The van der Waals surface area contributed by atoms with Gasteiger partial charge in [0.15, 0.2) is 0 Å². The normalized spacial score (nSPS) is 14.4. The number of amides is 1. The number of anilines is 2. The summed E-state index contributed by atoms with van der Waals surface area (Å²) in [7, 11) is -3.67. The summed E-state index contributed by atoms with van der Waals surface area (Å²) in [6.07, 6.45) is 3.51. The van der Waals surface area contributed by atoms with E-state index in [1.807, 2.05) is 24.4 Å². The van der Waals surface area contributed by atoms with Crippen LogP contribution in [0.5, 0.6) is 0 Å². The standard InChI is InChI=1S/C24H29N5O4S/c1-3-28(4-2)34(31,32)21-10-11-23(27-14-16-33-17-15-27)22(18-21)26-24(30)19-6-8-20(9-7-19)29-13-5-12-25-29/h5-13,18H,3-4,14-17H2,1-2H3,(H,26,30). The largest absolute Gasteiger partial charge is 0.378 e. The maximum atomic E-state index is 13.1. The molecule has 1 saturated heterocycles. The van der Waals surface area contributed by atoms with E-state index in [1.165, 1.54) is 4.31 Å². The lowest BCUT2D eigenvalue weighted by atomic mass is 10.1. The number of morpholine rings is 1. The van der Waals surface area contributed by atoms with Crippen LogP contribution in [0.3, 0.4) is 0 Å². The van der Waals surface area contributed by atoms with Crippen molar-refractivity contribution in [2.24, 2.45) is 0 Å². The Morgan fingerprint density at radius 1 is 1.09 bits per heavy atom. The molecule has 0 saturated carbocycles. The molecule has 0 unspecified atom stereocenters. The molecule has 0 radical (unpaired) electrons. The van der Waals surface area contributed by atoms with Crippen LogP contribution in [-0.4, -0.2) is 67.8 Å². The van der Waals surface area contributed by atoms with Gasteiger partial charge in [0.2, 0.25) is 10.0 Å². The molecule has 1 N–H and O–H groups in total. The Bertz CT molecular complexity index is 1220. The van der Waals surface area contributed by atoms with Crippen molar-refractivity contribution in [2.45, 2.75) is 18.7 Å². The summed E-state index contributed by atoms with van der Waals surface area (Å²) in [4.78, 5) is 15.4. The van der Waals surface area contributed by atoms with Crippen LogP contribution >= 0.6 is 0 Å². The molecule has 1 aliphatic heterocycles. The van der Waals surface area contributed by atoms with E-state index in [0.29, 0.717) is 50.6 Å². The summed E-state index contributed by atoms with van der Waals surface area (Å²) in [5.41, 5.74) is 2.52. The number of benzene rings is 2. The molecule has 0 atom stereocenters. The number of carbonyl (C=O) groups is 1. The maximum absolute atomic E-state index is 13.1. The van der Waals surface area contributed by atoms with E-state index in [0.717, 1.165) is 11.4 Å². The third-order valence-corrected chi connectivity index (χ3v) is 7.86. The first-order valence-corrected chi connectivity index (χ1v) is 12.8. The Hall–Kier alpha value is -3.21. The Balaban J connectivity index is 1.65.